The molecule has 1 N–H and O–H groups in total. The Bertz CT molecular complexity index is 606. The molecule has 0 radical (unpaired) electrons. The number of rotatable bonds is 8. The number of aromatic nitrogens is 1. The van der Waals surface area contributed by atoms with Crippen LogP contribution in [-0.2, 0) is 11.3 Å². The van der Waals surface area contributed by atoms with Crippen molar-refractivity contribution in [1.82, 2.24) is 15.2 Å². The highest BCUT2D eigenvalue weighted by Gasteiger charge is 2.09. The second kappa shape index (κ2) is 8.82. The molecular weight excluding hydrogens is 306 g/mol. The number of benzene rings is 1. The number of oxazole rings is 1. The van der Waals surface area contributed by atoms with Crippen LogP contribution in [0.15, 0.2) is 34.9 Å². The lowest BCUT2D eigenvalue weighted by atomic mass is 10.2. The Morgan fingerprint density at radius 2 is 2.00 bits per heavy atom. The summed E-state index contributed by atoms with van der Waals surface area (Å²) in [5, 5.41) is 3.42. The minimum absolute atomic E-state index is 0.641. The number of hydrogen-bond acceptors (Lipinski definition) is 6. The average Bonchev–Trinajstić information content (AvgIpc) is 3.11. The van der Waals surface area contributed by atoms with Crippen molar-refractivity contribution in [2.75, 3.05) is 46.5 Å². The molecule has 0 amide bonds. The molecule has 0 atom stereocenters. The summed E-state index contributed by atoms with van der Waals surface area (Å²) in [5.41, 5.74) is 1.88. The van der Waals surface area contributed by atoms with Gasteiger partial charge in [-0.25, -0.2) is 4.98 Å². The number of nitrogens with zero attached hydrogens (tertiary/aromatic N) is 2. The molecule has 0 unspecified atom stereocenters. The van der Waals surface area contributed by atoms with Gasteiger partial charge < -0.3 is 19.2 Å². The van der Waals surface area contributed by atoms with Crippen LogP contribution in [0.2, 0.25) is 0 Å². The summed E-state index contributed by atoms with van der Waals surface area (Å²) >= 11 is 0. The molecule has 24 heavy (non-hydrogen) atoms. The van der Waals surface area contributed by atoms with Crippen LogP contribution in [0, 0.1) is 0 Å². The van der Waals surface area contributed by atoms with Crippen LogP contribution in [0.1, 0.15) is 12.1 Å². The summed E-state index contributed by atoms with van der Waals surface area (Å²) in [6.07, 6.45) is 2.84. The van der Waals surface area contributed by atoms with Gasteiger partial charge in [-0.1, -0.05) is 0 Å². The molecule has 6 heteroatoms. The molecule has 0 aliphatic carbocycles. The number of methoxy groups -OCH3 is 1. The van der Waals surface area contributed by atoms with Crippen molar-refractivity contribution in [3.05, 3.63) is 36.2 Å². The van der Waals surface area contributed by atoms with Crippen LogP contribution in [0.4, 0.5) is 0 Å². The zero-order chi connectivity index (χ0) is 16.6. The van der Waals surface area contributed by atoms with Gasteiger partial charge in [-0.15, -0.1) is 0 Å². The highest BCUT2D eigenvalue weighted by molar-refractivity contribution is 5.54. The summed E-state index contributed by atoms with van der Waals surface area (Å²) in [5.74, 6) is 1.47. The first-order valence-electron chi connectivity index (χ1n) is 8.45. The minimum atomic E-state index is 0.641. The zero-order valence-electron chi connectivity index (χ0n) is 14.2. The van der Waals surface area contributed by atoms with Gasteiger partial charge in [-0.3, -0.25) is 4.90 Å². The van der Waals surface area contributed by atoms with Crippen molar-refractivity contribution in [1.29, 1.82) is 0 Å². The van der Waals surface area contributed by atoms with Crippen molar-refractivity contribution in [3.63, 3.8) is 0 Å². The van der Waals surface area contributed by atoms with Crippen molar-refractivity contribution < 1.29 is 13.9 Å². The van der Waals surface area contributed by atoms with E-state index < -0.39 is 0 Å². The van der Waals surface area contributed by atoms with Crippen molar-refractivity contribution in [2.24, 2.45) is 0 Å². The summed E-state index contributed by atoms with van der Waals surface area (Å²) in [6, 6.07) is 7.71. The Kier molecular flexibility index (Phi) is 6.23. The molecule has 1 aromatic carbocycles. The quantitative estimate of drug-likeness (QED) is 0.748. The lowest BCUT2D eigenvalue weighted by molar-refractivity contribution is 0.0374. The highest BCUT2D eigenvalue weighted by atomic mass is 16.5. The van der Waals surface area contributed by atoms with E-state index in [1.807, 2.05) is 24.3 Å². The molecule has 0 saturated carbocycles. The van der Waals surface area contributed by atoms with Crippen LogP contribution in [0.5, 0.6) is 5.75 Å². The molecule has 1 aliphatic heterocycles. The summed E-state index contributed by atoms with van der Waals surface area (Å²) < 4.78 is 16.1. The predicted octanol–water partition coefficient (Wildman–Crippen LogP) is 2.16. The molecule has 6 nitrogen and oxygen atoms in total. The van der Waals surface area contributed by atoms with Crippen LogP contribution >= 0.6 is 0 Å². The monoisotopic (exact) mass is 331 g/mol. The van der Waals surface area contributed by atoms with E-state index in [2.05, 4.69) is 15.2 Å². The number of nitrogens with one attached hydrogen (secondary N) is 1. The van der Waals surface area contributed by atoms with E-state index in [1.54, 1.807) is 13.4 Å². The fourth-order valence-corrected chi connectivity index (χ4v) is 2.72. The molecule has 1 aromatic heterocycles. The van der Waals surface area contributed by atoms with Crippen LogP contribution in [0.3, 0.4) is 0 Å². The average molecular weight is 331 g/mol. The highest BCUT2D eigenvalue weighted by Crippen LogP contribution is 2.21. The van der Waals surface area contributed by atoms with E-state index in [0.717, 1.165) is 69.4 Å². The number of hydrogen-bond donors (Lipinski definition) is 1. The lowest BCUT2D eigenvalue weighted by Gasteiger charge is -2.26. The van der Waals surface area contributed by atoms with Gasteiger partial charge in [0.15, 0.2) is 0 Å². The second-order valence-corrected chi connectivity index (χ2v) is 5.86. The Balaban J connectivity index is 1.39. The molecule has 1 saturated heterocycles. The van der Waals surface area contributed by atoms with Crippen molar-refractivity contribution >= 4 is 0 Å². The van der Waals surface area contributed by atoms with E-state index in [9.17, 15) is 0 Å². The third kappa shape index (κ3) is 4.80. The third-order valence-corrected chi connectivity index (χ3v) is 4.13. The fourth-order valence-electron chi connectivity index (χ4n) is 2.72. The molecule has 3 rings (SSSR count). The Labute approximate surface area is 142 Å². The van der Waals surface area contributed by atoms with Gasteiger partial charge in [0.05, 0.1) is 26.0 Å². The Morgan fingerprint density at radius 3 is 2.75 bits per heavy atom. The van der Waals surface area contributed by atoms with Crippen molar-refractivity contribution in [3.8, 4) is 17.2 Å². The van der Waals surface area contributed by atoms with E-state index in [4.69, 9.17) is 13.9 Å². The molecule has 2 heterocycles. The molecule has 130 valence electrons. The van der Waals surface area contributed by atoms with Gasteiger partial charge in [0.2, 0.25) is 5.89 Å². The maximum Gasteiger partial charge on any atom is 0.226 e. The molecule has 2 aromatic rings. The topological polar surface area (TPSA) is 59.8 Å². The SMILES string of the molecule is COc1ccc(-c2nc(CNCCCN3CCOCC3)co2)cc1. The van der Waals surface area contributed by atoms with Gasteiger partial charge in [-0.05, 0) is 43.8 Å². The minimum Gasteiger partial charge on any atom is -0.497 e. The molecule has 1 aliphatic rings. The molecule has 0 spiro atoms. The summed E-state index contributed by atoms with van der Waals surface area (Å²) in [4.78, 5) is 6.97. The Morgan fingerprint density at radius 1 is 1.21 bits per heavy atom. The van der Waals surface area contributed by atoms with Gasteiger partial charge in [0, 0.05) is 25.2 Å². The van der Waals surface area contributed by atoms with Crippen molar-refractivity contribution in [2.45, 2.75) is 13.0 Å². The first-order valence-corrected chi connectivity index (χ1v) is 8.45. The number of ether oxygens (including phenoxy) is 2. The van der Waals surface area contributed by atoms with Gasteiger partial charge >= 0.3 is 0 Å². The fraction of sp³-hybridized carbons (Fsp3) is 0.500. The summed E-state index contributed by atoms with van der Waals surface area (Å²) in [7, 11) is 1.66. The van der Waals surface area contributed by atoms with Crippen LogP contribution in [-0.4, -0.2) is 56.4 Å². The standard InChI is InChI=1S/C18H25N3O3/c1-22-17-5-3-15(4-6-17)18-20-16(14-24-18)13-19-7-2-8-21-9-11-23-12-10-21/h3-6,14,19H,2,7-13H2,1H3. The lowest BCUT2D eigenvalue weighted by Crippen LogP contribution is -2.37. The van der Waals surface area contributed by atoms with Crippen LogP contribution in [0.25, 0.3) is 11.5 Å². The maximum atomic E-state index is 5.56. The van der Waals surface area contributed by atoms with Gasteiger partial charge in [0.1, 0.15) is 12.0 Å². The normalized spacial score (nSPS) is 15.5. The molecule has 1 fully saturated rings. The third-order valence-electron chi connectivity index (χ3n) is 4.13. The van der Waals surface area contributed by atoms with E-state index in [1.165, 1.54) is 0 Å². The molecular formula is C18H25N3O3. The smallest absolute Gasteiger partial charge is 0.226 e. The van der Waals surface area contributed by atoms with E-state index in [0.29, 0.717) is 5.89 Å². The van der Waals surface area contributed by atoms with Gasteiger partial charge in [0.25, 0.3) is 0 Å². The first kappa shape index (κ1) is 17.0. The van der Waals surface area contributed by atoms with Gasteiger partial charge in [-0.2, -0.15) is 0 Å². The molecule has 0 bridgehead atoms. The summed E-state index contributed by atoms with van der Waals surface area (Å²) in [6.45, 7) is 6.64. The number of morpholine rings is 1. The first-order chi connectivity index (χ1) is 11.8. The maximum absolute atomic E-state index is 5.56. The predicted molar refractivity (Wildman–Crippen MR) is 92.1 cm³/mol. The van der Waals surface area contributed by atoms with Crippen LogP contribution < -0.4 is 10.1 Å². The second-order valence-electron chi connectivity index (χ2n) is 5.86. The van der Waals surface area contributed by atoms with E-state index >= 15 is 0 Å². The largest absolute Gasteiger partial charge is 0.497 e. The van der Waals surface area contributed by atoms with E-state index in [-0.39, 0.29) is 0 Å². The zero-order valence-corrected chi connectivity index (χ0v) is 14.2. The Hall–Kier alpha value is -1.89.